The summed E-state index contributed by atoms with van der Waals surface area (Å²) in [5, 5.41) is 13.2. The zero-order valence-electron chi connectivity index (χ0n) is 12.9. The van der Waals surface area contributed by atoms with Gasteiger partial charge in [-0.3, -0.25) is 0 Å². The molecule has 24 heavy (non-hydrogen) atoms. The van der Waals surface area contributed by atoms with E-state index in [9.17, 15) is 0 Å². The van der Waals surface area contributed by atoms with Crippen molar-refractivity contribution in [3.8, 4) is 17.2 Å². The molecule has 0 atom stereocenters. The van der Waals surface area contributed by atoms with E-state index in [4.69, 9.17) is 21.1 Å². The standard InChI is InChI=1S/C16H15ClN4O2S/c1-22-14-7-5-13(6-8-14)21-16(18-19-20-21)24-10-9-23-15-4-2-3-12(17)11-15/h2-8,11H,9-10H2,1H3. The minimum atomic E-state index is 0.528. The molecular formula is C16H15ClN4O2S. The van der Waals surface area contributed by atoms with E-state index in [2.05, 4.69) is 15.5 Å². The van der Waals surface area contributed by atoms with Gasteiger partial charge < -0.3 is 9.47 Å². The van der Waals surface area contributed by atoms with Gasteiger partial charge in [0.2, 0.25) is 5.16 Å². The van der Waals surface area contributed by atoms with E-state index in [0.29, 0.717) is 22.5 Å². The van der Waals surface area contributed by atoms with Gasteiger partial charge in [-0.05, 0) is 52.9 Å². The molecule has 0 N–H and O–H groups in total. The van der Waals surface area contributed by atoms with Gasteiger partial charge in [-0.1, -0.05) is 29.4 Å². The van der Waals surface area contributed by atoms with Crippen LogP contribution in [0.1, 0.15) is 0 Å². The van der Waals surface area contributed by atoms with Crippen molar-refractivity contribution in [2.24, 2.45) is 0 Å². The van der Waals surface area contributed by atoms with E-state index in [1.807, 2.05) is 42.5 Å². The van der Waals surface area contributed by atoms with Crippen LogP contribution in [-0.4, -0.2) is 39.7 Å². The number of methoxy groups -OCH3 is 1. The van der Waals surface area contributed by atoms with Crippen LogP contribution in [0.3, 0.4) is 0 Å². The first-order valence-corrected chi connectivity index (χ1v) is 8.56. The lowest BCUT2D eigenvalue weighted by Crippen LogP contribution is -2.03. The number of tetrazole rings is 1. The lowest BCUT2D eigenvalue weighted by atomic mass is 10.3. The van der Waals surface area contributed by atoms with Gasteiger partial charge in [0.15, 0.2) is 0 Å². The maximum atomic E-state index is 5.93. The SMILES string of the molecule is COc1ccc(-n2nnnc2SCCOc2cccc(Cl)c2)cc1. The number of ether oxygens (including phenoxy) is 2. The van der Waals surface area contributed by atoms with Crippen LogP contribution in [0.25, 0.3) is 5.69 Å². The van der Waals surface area contributed by atoms with Gasteiger partial charge in [-0.25, -0.2) is 0 Å². The van der Waals surface area contributed by atoms with Crippen LogP contribution < -0.4 is 9.47 Å². The fourth-order valence-corrected chi connectivity index (χ4v) is 2.89. The van der Waals surface area contributed by atoms with E-state index in [0.717, 1.165) is 17.2 Å². The van der Waals surface area contributed by atoms with Crippen molar-refractivity contribution in [3.05, 3.63) is 53.6 Å². The van der Waals surface area contributed by atoms with Crippen molar-refractivity contribution in [2.45, 2.75) is 5.16 Å². The zero-order chi connectivity index (χ0) is 16.8. The van der Waals surface area contributed by atoms with Crippen molar-refractivity contribution in [1.29, 1.82) is 0 Å². The lowest BCUT2D eigenvalue weighted by Gasteiger charge is -2.07. The normalized spacial score (nSPS) is 10.6. The van der Waals surface area contributed by atoms with Crippen LogP contribution in [-0.2, 0) is 0 Å². The van der Waals surface area contributed by atoms with E-state index >= 15 is 0 Å². The van der Waals surface area contributed by atoms with Gasteiger partial charge in [-0.15, -0.1) is 5.10 Å². The summed E-state index contributed by atoms with van der Waals surface area (Å²) in [4.78, 5) is 0. The molecule has 0 aliphatic rings. The Hall–Kier alpha value is -2.25. The number of rotatable bonds is 7. The highest BCUT2D eigenvalue weighted by Gasteiger charge is 2.09. The number of nitrogens with zero attached hydrogens (tertiary/aromatic N) is 4. The van der Waals surface area contributed by atoms with Crippen LogP contribution in [0.2, 0.25) is 5.02 Å². The minimum absolute atomic E-state index is 0.528. The molecule has 124 valence electrons. The molecule has 0 bridgehead atoms. The van der Waals surface area contributed by atoms with Crippen molar-refractivity contribution in [3.63, 3.8) is 0 Å². The molecule has 3 aromatic rings. The van der Waals surface area contributed by atoms with Crippen molar-refractivity contribution < 1.29 is 9.47 Å². The Labute approximate surface area is 148 Å². The maximum absolute atomic E-state index is 5.93. The molecule has 0 aliphatic carbocycles. The van der Waals surface area contributed by atoms with Crippen LogP contribution in [0, 0.1) is 0 Å². The largest absolute Gasteiger partial charge is 0.497 e. The first-order valence-electron chi connectivity index (χ1n) is 7.20. The van der Waals surface area contributed by atoms with Crippen molar-refractivity contribution >= 4 is 23.4 Å². The Balaban J connectivity index is 1.57. The van der Waals surface area contributed by atoms with Crippen molar-refractivity contribution in [1.82, 2.24) is 20.2 Å². The predicted molar refractivity (Wildman–Crippen MR) is 93.4 cm³/mol. The topological polar surface area (TPSA) is 62.1 Å². The van der Waals surface area contributed by atoms with Gasteiger partial charge in [0.05, 0.1) is 19.4 Å². The third-order valence-electron chi connectivity index (χ3n) is 3.14. The highest BCUT2D eigenvalue weighted by Crippen LogP contribution is 2.21. The monoisotopic (exact) mass is 362 g/mol. The molecule has 0 radical (unpaired) electrons. The van der Waals surface area contributed by atoms with Gasteiger partial charge in [-0.2, -0.15) is 4.68 Å². The molecular weight excluding hydrogens is 348 g/mol. The summed E-state index contributed by atoms with van der Waals surface area (Å²) >= 11 is 7.44. The van der Waals surface area contributed by atoms with Crippen molar-refractivity contribution in [2.75, 3.05) is 19.5 Å². The molecule has 0 unspecified atom stereocenters. The van der Waals surface area contributed by atoms with Crippen LogP contribution in [0.15, 0.2) is 53.7 Å². The van der Waals surface area contributed by atoms with Crippen LogP contribution >= 0.6 is 23.4 Å². The summed E-state index contributed by atoms with van der Waals surface area (Å²) in [6.07, 6.45) is 0. The smallest absolute Gasteiger partial charge is 0.214 e. The highest BCUT2D eigenvalue weighted by molar-refractivity contribution is 7.99. The van der Waals surface area contributed by atoms with E-state index in [1.165, 1.54) is 11.8 Å². The van der Waals surface area contributed by atoms with E-state index < -0.39 is 0 Å². The molecule has 0 saturated heterocycles. The van der Waals surface area contributed by atoms with Gasteiger partial charge in [0, 0.05) is 10.8 Å². The Morgan fingerprint density at radius 2 is 1.96 bits per heavy atom. The molecule has 0 fully saturated rings. The van der Waals surface area contributed by atoms with Gasteiger partial charge in [0.1, 0.15) is 11.5 Å². The van der Waals surface area contributed by atoms with Gasteiger partial charge in [0.25, 0.3) is 0 Å². The number of aromatic nitrogens is 4. The molecule has 0 amide bonds. The Morgan fingerprint density at radius 1 is 1.12 bits per heavy atom. The quantitative estimate of drug-likeness (QED) is 0.473. The fraction of sp³-hybridized carbons (Fsp3) is 0.188. The van der Waals surface area contributed by atoms with E-state index in [-0.39, 0.29) is 0 Å². The molecule has 0 saturated carbocycles. The predicted octanol–water partition coefficient (Wildman–Crippen LogP) is 3.50. The zero-order valence-corrected chi connectivity index (χ0v) is 14.5. The molecule has 2 aromatic carbocycles. The maximum Gasteiger partial charge on any atom is 0.214 e. The summed E-state index contributed by atoms with van der Waals surface area (Å²) in [7, 11) is 1.63. The van der Waals surface area contributed by atoms with E-state index in [1.54, 1.807) is 17.9 Å². The first-order chi connectivity index (χ1) is 11.8. The Morgan fingerprint density at radius 3 is 2.71 bits per heavy atom. The Bertz CT molecular complexity index is 795. The summed E-state index contributed by atoms with van der Waals surface area (Å²) < 4.78 is 12.5. The minimum Gasteiger partial charge on any atom is -0.497 e. The molecule has 6 nitrogen and oxygen atoms in total. The molecule has 1 aromatic heterocycles. The average Bonchev–Trinajstić information content (AvgIpc) is 3.07. The summed E-state index contributed by atoms with van der Waals surface area (Å²) in [6.45, 7) is 0.528. The summed E-state index contributed by atoms with van der Waals surface area (Å²) in [5.41, 5.74) is 0.874. The number of benzene rings is 2. The molecule has 0 aliphatic heterocycles. The number of halogens is 1. The second-order valence-corrected chi connectivity index (χ2v) is 6.22. The first kappa shape index (κ1) is 16.6. The summed E-state index contributed by atoms with van der Waals surface area (Å²) in [5.74, 6) is 2.25. The van der Waals surface area contributed by atoms with Crippen LogP contribution in [0.5, 0.6) is 11.5 Å². The number of thioether (sulfide) groups is 1. The second-order valence-electron chi connectivity index (χ2n) is 4.73. The van der Waals surface area contributed by atoms with Gasteiger partial charge >= 0.3 is 0 Å². The average molecular weight is 363 g/mol. The fourth-order valence-electron chi connectivity index (χ4n) is 2.00. The number of hydrogen-bond acceptors (Lipinski definition) is 6. The molecule has 0 spiro atoms. The highest BCUT2D eigenvalue weighted by atomic mass is 35.5. The molecule has 8 heteroatoms. The van der Waals surface area contributed by atoms with Crippen LogP contribution in [0.4, 0.5) is 0 Å². The Kier molecular flexibility index (Phi) is 5.55. The molecule has 3 rings (SSSR count). The lowest BCUT2D eigenvalue weighted by molar-refractivity contribution is 0.344. The third kappa shape index (κ3) is 4.18. The number of hydrogen-bond donors (Lipinski definition) is 0. The summed E-state index contributed by atoms with van der Waals surface area (Å²) in [6, 6.07) is 14.9. The second kappa shape index (κ2) is 8.03. The molecule has 1 heterocycles. The third-order valence-corrected chi connectivity index (χ3v) is 4.26.